The maximum absolute atomic E-state index is 9.45. The quantitative estimate of drug-likeness (QED) is 0.794. The number of phenolic OH excluding ortho intramolecular Hbond substituents is 1. The number of hydrogen-bond acceptors (Lipinski definition) is 2. The Kier molecular flexibility index (Phi) is 2.97. The molecule has 1 aliphatic carbocycles. The SMILES string of the molecule is CC(Nc1cc(Cl)c(O)c(Cl)c1)C1(C)CC1. The third kappa shape index (κ3) is 2.23. The smallest absolute Gasteiger partial charge is 0.152 e. The minimum absolute atomic E-state index is 0.0563. The van der Waals surface area contributed by atoms with E-state index in [0.717, 1.165) is 5.69 Å². The van der Waals surface area contributed by atoms with E-state index >= 15 is 0 Å². The van der Waals surface area contributed by atoms with Gasteiger partial charge >= 0.3 is 0 Å². The standard InChI is InChI=1S/C12H15Cl2NO/c1-7(12(2)3-4-12)15-8-5-9(13)11(16)10(14)6-8/h5-7,15-16H,3-4H2,1-2H3. The topological polar surface area (TPSA) is 32.3 Å². The molecule has 0 aliphatic heterocycles. The fourth-order valence-electron chi connectivity index (χ4n) is 1.70. The van der Waals surface area contributed by atoms with E-state index in [9.17, 15) is 5.11 Å². The second kappa shape index (κ2) is 4.01. The summed E-state index contributed by atoms with van der Waals surface area (Å²) in [5, 5.41) is 13.4. The highest BCUT2D eigenvalue weighted by atomic mass is 35.5. The van der Waals surface area contributed by atoms with Gasteiger partial charge in [-0.05, 0) is 37.3 Å². The summed E-state index contributed by atoms with van der Waals surface area (Å²) >= 11 is 11.7. The molecule has 1 aromatic carbocycles. The van der Waals surface area contributed by atoms with E-state index in [0.29, 0.717) is 11.5 Å². The van der Waals surface area contributed by atoms with Gasteiger partial charge in [0.05, 0.1) is 10.0 Å². The Bertz CT molecular complexity index is 392. The first kappa shape index (κ1) is 11.9. The van der Waals surface area contributed by atoms with Crippen molar-refractivity contribution in [2.24, 2.45) is 5.41 Å². The molecule has 1 fully saturated rings. The summed E-state index contributed by atoms with van der Waals surface area (Å²) < 4.78 is 0. The predicted octanol–water partition coefficient (Wildman–Crippen LogP) is 4.30. The van der Waals surface area contributed by atoms with Crippen LogP contribution in [-0.4, -0.2) is 11.1 Å². The van der Waals surface area contributed by atoms with Crippen molar-refractivity contribution in [2.45, 2.75) is 32.7 Å². The molecule has 1 aromatic rings. The van der Waals surface area contributed by atoms with Crippen LogP contribution < -0.4 is 5.32 Å². The molecule has 16 heavy (non-hydrogen) atoms. The van der Waals surface area contributed by atoms with E-state index in [1.54, 1.807) is 12.1 Å². The number of anilines is 1. The first-order valence-electron chi connectivity index (χ1n) is 5.37. The minimum Gasteiger partial charge on any atom is -0.505 e. The summed E-state index contributed by atoms with van der Waals surface area (Å²) in [5.74, 6) is -0.0563. The van der Waals surface area contributed by atoms with Crippen LogP contribution in [0.5, 0.6) is 5.75 Å². The Hall–Kier alpha value is -0.600. The second-order valence-electron chi connectivity index (χ2n) is 4.81. The van der Waals surface area contributed by atoms with Gasteiger partial charge < -0.3 is 10.4 Å². The molecular weight excluding hydrogens is 245 g/mol. The Morgan fingerprint density at radius 1 is 1.31 bits per heavy atom. The van der Waals surface area contributed by atoms with Gasteiger partial charge in [-0.25, -0.2) is 0 Å². The zero-order valence-corrected chi connectivity index (χ0v) is 10.9. The molecule has 2 N–H and O–H groups in total. The fourth-order valence-corrected chi connectivity index (χ4v) is 2.19. The molecule has 0 spiro atoms. The van der Waals surface area contributed by atoms with Crippen LogP contribution >= 0.6 is 23.2 Å². The van der Waals surface area contributed by atoms with Crippen molar-refractivity contribution in [2.75, 3.05) is 5.32 Å². The van der Waals surface area contributed by atoms with Gasteiger partial charge in [0.15, 0.2) is 5.75 Å². The largest absolute Gasteiger partial charge is 0.505 e. The summed E-state index contributed by atoms with van der Waals surface area (Å²) in [6.07, 6.45) is 2.50. The van der Waals surface area contributed by atoms with Gasteiger partial charge in [0, 0.05) is 11.7 Å². The van der Waals surface area contributed by atoms with Gasteiger partial charge in [0.25, 0.3) is 0 Å². The number of benzene rings is 1. The highest BCUT2D eigenvalue weighted by molar-refractivity contribution is 6.37. The van der Waals surface area contributed by atoms with Gasteiger partial charge in [0.1, 0.15) is 0 Å². The summed E-state index contributed by atoms with van der Waals surface area (Å²) in [7, 11) is 0. The van der Waals surface area contributed by atoms with E-state index in [-0.39, 0.29) is 15.8 Å². The van der Waals surface area contributed by atoms with Crippen molar-refractivity contribution in [1.29, 1.82) is 0 Å². The molecule has 0 amide bonds. The number of phenols is 1. The van der Waals surface area contributed by atoms with Gasteiger partial charge in [-0.1, -0.05) is 30.1 Å². The molecule has 1 atom stereocenters. The molecule has 0 saturated heterocycles. The van der Waals surface area contributed by atoms with Crippen molar-refractivity contribution in [3.8, 4) is 5.75 Å². The lowest BCUT2D eigenvalue weighted by atomic mass is 10.0. The van der Waals surface area contributed by atoms with Crippen LogP contribution in [0.25, 0.3) is 0 Å². The molecule has 2 rings (SSSR count). The zero-order chi connectivity index (χ0) is 11.9. The van der Waals surface area contributed by atoms with E-state index in [4.69, 9.17) is 23.2 Å². The molecule has 0 heterocycles. The molecule has 2 nitrogen and oxygen atoms in total. The molecule has 1 aliphatic rings. The third-order valence-electron chi connectivity index (χ3n) is 3.48. The summed E-state index contributed by atoms with van der Waals surface area (Å²) in [6, 6.07) is 3.78. The second-order valence-corrected chi connectivity index (χ2v) is 5.62. The zero-order valence-electron chi connectivity index (χ0n) is 9.35. The fraction of sp³-hybridized carbons (Fsp3) is 0.500. The molecule has 88 valence electrons. The van der Waals surface area contributed by atoms with Crippen LogP contribution in [0.4, 0.5) is 5.69 Å². The maximum atomic E-state index is 9.45. The molecular formula is C12H15Cl2NO. The van der Waals surface area contributed by atoms with Crippen LogP contribution in [0.1, 0.15) is 26.7 Å². The van der Waals surface area contributed by atoms with Crippen molar-refractivity contribution in [3.05, 3.63) is 22.2 Å². The number of hydrogen-bond donors (Lipinski definition) is 2. The van der Waals surface area contributed by atoms with E-state index in [2.05, 4.69) is 19.2 Å². The molecule has 0 aromatic heterocycles. The maximum Gasteiger partial charge on any atom is 0.152 e. The highest BCUT2D eigenvalue weighted by Crippen LogP contribution is 2.49. The molecule has 1 unspecified atom stereocenters. The molecule has 0 bridgehead atoms. The van der Waals surface area contributed by atoms with Gasteiger partial charge in [-0.2, -0.15) is 0 Å². The first-order chi connectivity index (χ1) is 7.42. The lowest BCUT2D eigenvalue weighted by molar-refractivity contribution is 0.475. The van der Waals surface area contributed by atoms with Crippen LogP contribution in [0, 0.1) is 5.41 Å². The number of halogens is 2. The average Bonchev–Trinajstić information content (AvgIpc) is 2.94. The predicted molar refractivity (Wildman–Crippen MR) is 68.6 cm³/mol. The Labute approximate surface area is 106 Å². The highest BCUT2D eigenvalue weighted by Gasteiger charge is 2.42. The Morgan fingerprint density at radius 2 is 1.81 bits per heavy atom. The van der Waals surface area contributed by atoms with Gasteiger partial charge in [-0.15, -0.1) is 0 Å². The van der Waals surface area contributed by atoms with Crippen LogP contribution in [0.2, 0.25) is 10.0 Å². The van der Waals surface area contributed by atoms with Crippen molar-refractivity contribution < 1.29 is 5.11 Å². The van der Waals surface area contributed by atoms with E-state index in [1.807, 2.05) is 0 Å². The number of nitrogens with one attached hydrogen (secondary N) is 1. The van der Waals surface area contributed by atoms with Crippen LogP contribution in [0.15, 0.2) is 12.1 Å². The van der Waals surface area contributed by atoms with Crippen LogP contribution in [0.3, 0.4) is 0 Å². The average molecular weight is 260 g/mol. The lowest BCUT2D eigenvalue weighted by Crippen LogP contribution is -2.24. The molecule has 4 heteroatoms. The van der Waals surface area contributed by atoms with Gasteiger partial charge in [-0.3, -0.25) is 0 Å². The minimum atomic E-state index is -0.0563. The van der Waals surface area contributed by atoms with Gasteiger partial charge in [0.2, 0.25) is 0 Å². The van der Waals surface area contributed by atoms with E-state index in [1.165, 1.54) is 12.8 Å². The molecule has 0 radical (unpaired) electrons. The summed E-state index contributed by atoms with van der Waals surface area (Å²) in [6.45, 7) is 4.41. The summed E-state index contributed by atoms with van der Waals surface area (Å²) in [5.41, 5.74) is 1.24. The van der Waals surface area contributed by atoms with E-state index < -0.39 is 0 Å². The van der Waals surface area contributed by atoms with Crippen LogP contribution in [-0.2, 0) is 0 Å². The monoisotopic (exact) mass is 259 g/mol. The van der Waals surface area contributed by atoms with Crippen molar-refractivity contribution >= 4 is 28.9 Å². The third-order valence-corrected chi connectivity index (χ3v) is 4.06. The first-order valence-corrected chi connectivity index (χ1v) is 6.12. The Morgan fingerprint density at radius 3 is 2.25 bits per heavy atom. The normalized spacial score (nSPS) is 19.2. The van der Waals surface area contributed by atoms with Crippen molar-refractivity contribution in [3.63, 3.8) is 0 Å². The number of rotatable bonds is 3. The Balaban J connectivity index is 2.16. The lowest BCUT2D eigenvalue weighted by Gasteiger charge is -2.22. The molecule has 1 saturated carbocycles. The number of aromatic hydroxyl groups is 1. The van der Waals surface area contributed by atoms with Crippen molar-refractivity contribution in [1.82, 2.24) is 0 Å². The summed E-state index contributed by atoms with van der Waals surface area (Å²) in [4.78, 5) is 0.